The van der Waals surface area contributed by atoms with E-state index in [-0.39, 0.29) is 37.2 Å². The van der Waals surface area contributed by atoms with Crippen LogP contribution in [-0.2, 0) is 0 Å². The Labute approximate surface area is 74.0 Å². The Kier molecular flexibility index (Phi) is 65.6. The van der Waals surface area contributed by atoms with Crippen LogP contribution in [0.15, 0.2) is 4.52 Å². The normalized spacial score (nSPS) is 6.12. The summed E-state index contributed by atoms with van der Waals surface area (Å²) in [6, 6.07) is 0. The predicted octanol–water partition coefficient (Wildman–Crippen LogP) is 2.47. The minimum atomic E-state index is 0. The number of hydrogen-bond acceptors (Lipinski definition) is 2. The van der Waals surface area contributed by atoms with Crippen LogP contribution >= 0.6 is 64.5 Å². The van der Waals surface area contributed by atoms with Crippen LogP contribution in [0.1, 0.15) is 0 Å². The van der Waals surface area contributed by atoms with Gasteiger partial charge in [-0.25, -0.2) is 4.52 Å². The van der Waals surface area contributed by atoms with Gasteiger partial charge in [-0.2, -0.15) is 0 Å². The molecule has 0 heterocycles. The molecule has 0 rings (SSSR count). The van der Waals surface area contributed by atoms with Crippen molar-refractivity contribution >= 4 is 64.5 Å². The molecule has 0 aromatic rings. The molecule has 0 aromatic heterocycles. The van der Waals surface area contributed by atoms with E-state index in [4.69, 9.17) is 0 Å². The van der Waals surface area contributed by atoms with Crippen molar-refractivity contribution in [3.8, 4) is 0 Å². The van der Waals surface area contributed by atoms with E-state index >= 15 is 0 Å². The third-order valence-electron chi connectivity index (χ3n) is 0.120. The lowest BCUT2D eigenvalue weighted by Gasteiger charge is -1.78. The van der Waals surface area contributed by atoms with Gasteiger partial charge in [0.05, 0.1) is 8.88 Å². The Morgan fingerprint density at radius 2 is 1.75 bits per heavy atom. The first-order valence-corrected chi connectivity index (χ1v) is 2.96. The van der Waals surface area contributed by atoms with E-state index in [0.29, 0.717) is 8.88 Å². The third kappa shape index (κ3) is 25.0. The SMILES string of the molecule is Cl.Cl.Cl.P=NPNP. The summed E-state index contributed by atoms with van der Waals surface area (Å²) in [6.45, 7) is 0. The molecular weight excluding hydrogens is 227 g/mol. The summed E-state index contributed by atoms with van der Waals surface area (Å²) in [5.41, 5.74) is 0. The molecule has 0 bridgehead atoms. The zero-order valence-corrected chi connectivity index (χ0v) is 9.35. The molecule has 54 valence electrons. The molecular formula is H8Cl3N2P3. The molecule has 0 aliphatic carbocycles. The first-order chi connectivity index (χ1) is 2.41. The largest absolute Gasteiger partial charge is 0.263 e. The average Bonchev–Trinajstić information content (AvgIpc) is 1.41. The van der Waals surface area contributed by atoms with Crippen LogP contribution in [0.4, 0.5) is 0 Å². The van der Waals surface area contributed by atoms with Crippen molar-refractivity contribution in [1.29, 1.82) is 0 Å². The van der Waals surface area contributed by atoms with Crippen molar-refractivity contribution in [3.05, 3.63) is 0 Å². The van der Waals surface area contributed by atoms with Crippen molar-refractivity contribution in [2.45, 2.75) is 0 Å². The van der Waals surface area contributed by atoms with Crippen LogP contribution in [0.2, 0.25) is 0 Å². The summed E-state index contributed by atoms with van der Waals surface area (Å²) in [4.78, 5) is 2.75. The first kappa shape index (κ1) is 22.6. The quantitative estimate of drug-likeness (QED) is 0.731. The lowest BCUT2D eigenvalue weighted by Crippen LogP contribution is -1.64. The fourth-order valence-corrected chi connectivity index (χ4v) is 0.871. The molecule has 0 fully saturated rings. The average molecular weight is 235 g/mol. The molecule has 0 aliphatic rings. The van der Waals surface area contributed by atoms with Crippen LogP contribution in [-0.4, -0.2) is 0 Å². The number of hydrogen-bond donors (Lipinski definition) is 1. The van der Waals surface area contributed by atoms with E-state index in [1.807, 2.05) is 0 Å². The van der Waals surface area contributed by atoms with Crippen LogP contribution in [0.5, 0.6) is 0 Å². The summed E-state index contributed by atoms with van der Waals surface area (Å²) < 4.78 is 3.56. The van der Waals surface area contributed by atoms with Gasteiger partial charge in [-0.05, 0) is 9.03 Å². The molecule has 8 heavy (non-hydrogen) atoms. The third-order valence-corrected chi connectivity index (χ3v) is 1.08. The molecule has 0 amide bonds. The Balaban J connectivity index is -0.0000000267. The molecule has 0 aromatic carbocycles. The van der Waals surface area contributed by atoms with Crippen LogP contribution < -0.4 is 4.86 Å². The lowest BCUT2D eigenvalue weighted by atomic mass is 13.8. The second-order valence-corrected chi connectivity index (χ2v) is 2.64. The van der Waals surface area contributed by atoms with Gasteiger partial charge in [-0.1, -0.05) is 9.39 Å². The van der Waals surface area contributed by atoms with Gasteiger partial charge >= 0.3 is 0 Å². The summed E-state index contributed by atoms with van der Waals surface area (Å²) in [6.07, 6.45) is 0. The zero-order valence-electron chi connectivity index (χ0n) is 3.75. The highest BCUT2D eigenvalue weighted by Crippen LogP contribution is 2.06. The predicted molar refractivity (Wildman–Crippen MR) is 53.6 cm³/mol. The van der Waals surface area contributed by atoms with E-state index in [1.54, 1.807) is 0 Å². The minimum absolute atomic E-state index is 0. The maximum atomic E-state index is 3.56. The highest BCUT2D eigenvalue weighted by atomic mass is 35.5. The van der Waals surface area contributed by atoms with Gasteiger partial charge < -0.3 is 0 Å². The minimum Gasteiger partial charge on any atom is -0.263 e. The monoisotopic (exact) mass is 234 g/mol. The summed E-state index contributed by atoms with van der Waals surface area (Å²) in [5.74, 6) is 0. The number of rotatable bonds is 2. The van der Waals surface area contributed by atoms with E-state index in [2.05, 4.69) is 27.8 Å². The Hall–Kier alpha value is 1.79. The van der Waals surface area contributed by atoms with E-state index in [1.165, 1.54) is 0 Å². The Morgan fingerprint density at radius 1 is 1.38 bits per heavy atom. The number of nitrogens with zero attached hydrogens (tertiary/aromatic N) is 1. The van der Waals surface area contributed by atoms with Crippen LogP contribution in [0, 0.1) is 0 Å². The Morgan fingerprint density at radius 3 is 1.75 bits per heavy atom. The molecule has 8 heteroatoms. The maximum absolute atomic E-state index is 3.56. The summed E-state index contributed by atoms with van der Waals surface area (Å²) >= 11 is 0. The second-order valence-electron chi connectivity index (χ2n) is 0.368. The Bertz CT molecular complexity index is 33.7. The number of halogens is 3. The van der Waals surface area contributed by atoms with Gasteiger partial charge in [0.25, 0.3) is 0 Å². The second kappa shape index (κ2) is 23.2. The number of nitrogens with one attached hydrogen (secondary N) is 1. The van der Waals surface area contributed by atoms with Gasteiger partial charge in [0.2, 0.25) is 0 Å². The fourth-order valence-electron chi connectivity index (χ4n) is 0.0323. The highest BCUT2D eigenvalue weighted by molar-refractivity contribution is 7.46. The van der Waals surface area contributed by atoms with Gasteiger partial charge in [-0.3, -0.25) is 4.86 Å². The topological polar surface area (TPSA) is 24.4 Å². The molecule has 2 nitrogen and oxygen atoms in total. The molecule has 0 radical (unpaired) electrons. The van der Waals surface area contributed by atoms with Crippen molar-refractivity contribution in [1.82, 2.24) is 4.86 Å². The molecule has 2 atom stereocenters. The first-order valence-electron chi connectivity index (χ1n) is 0.986. The fraction of sp³-hybridized carbons (Fsp3) is 0. The van der Waals surface area contributed by atoms with Crippen molar-refractivity contribution in [3.63, 3.8) is 0 Å². The van der Waals surface area contributed by atoms with Gasteiger partial charge in [0, 0.05) is 0 Å². The van der Waals surface area contributed by atoms with Gasteiger partial charge in [-0.15, -0.1) is 37.2 Å². The van der Waals surface area contributed by atoms with Crippen LogP contribution in [0.3, 0.4) is 0 Å². The van der Waals surface area contributed by atoms with Crippen molar-refractivity contribution in [2.75, 3.05) is 0 Å². The molecule has 0 saturated heterocycles. The molecule has 0 aliphatic heterocycles. The molecule has 0 spiro atoms. The van der Waals surface area contributed by atoms with E-state index < -0.39 is 0 Å². The summed E-state index contributed by atoms with van der Waals surface area (Å²) in [5, 5.41) is 0. The zero-order chi connectivity index (χ0) is 4.12. The van der Waals surface area contributed by atoms with Crippen molar-refractivity contribution in [2.24, 2.45) is 4.52 Å². The van der Waals surface area contributed by atoms with E-state index in [9.17, 15) is 0 Å². The summed E-state index contributed by atoms with van der Waals surface area (Å²) in [7, 11) is 5.70. The lowest BCUT2D eigenvalue weighted by molar-refractivity contribution is 1.71. The molecule has 0 saturated carbocycles. The van der Waals surface area contributed by atoms with Gasteiger partial charge in [0.1, 0.15) is 0 Å². The maximum Gasteiger partial charge on any atom is 0.0795 e. The smallest absolute Gasteiger partial charge is 0.0795 e. The van der Waals surface area contributed by atoms with Crippen LogP contribution in [0.25, 0.3) is 0 Å². The van der Waals surface area contributed by atoms with Crippen molar-refractivity contribution < 1.29 is 0 Å². The van der Waals surface area contributed by atoms with Gasteiger partial charge in [0.15, 0.2) is 0 Å². The molecule has 2 unspecified atom stereocenters. The molecule has 1 N–H and O–H groups in total. The van der Waals surface area contributed by atoms with E-state index in [0.717, 1.165) is 0 Å². The standard InChI is InChI=1S/3ClH.H5N2P3/c;;;3-1-5-2-4/h3*1H;1,4-5H,3H2. The highest BCUT2D eigenvalue weighted by Gasteiger charge is 1.57.